The van der Waals surface area contributed by atoms with Crippen molar-refractivity contribution in [1.82, 2.24) is 9.47 Å². The highest BCUT2D eigenvalue weighted by molar-refractivity contribution is 6.47. The standard InChI is InChI=1S/C37H45N3O7/c1-5-7-8-9-14-31(38-47-34(42)16-12-23-46-33(41)6-2)35(43)30-26-40(32-15-11-10-13-29(30)32)28-19-17-27(18-20-28)36(44)37(3,4)39-21-24-45-25-22-39/h6,10-11,13,15,17-20,26H,2,5,7-9,12,14,16,21-25H2,1,3-4H3/b38-31+. The maximum Gasteiger partial charge on any atom is 0.335 e. The maximum absolute atomic E-state index is 14.0. The minimum absolute atomic E-state index is 0.0212. The molecule has 0 saturated carbocycles. The summed E-state index contributed by atoms with van der Waals surface area (Å²) in [5.41, 5.74) is 2.17. The van der Waals surface area contributed by atoms with Crippen LogP contribution >= 0.6 is 0 Å². The molecule has 0 bridgehead atoms. The number of ketones is 2. The van der Waals surface area contributed by atoms with Gasteiger partial charge in [-0.15, -0.1) is 0 Å². The topological polar surface area (TPSA) is 116 Å². The fraction of sp³-hybridized carbons (Fsp3) is 0.432. The minimum Gasteiger partial charge on any atom is -0.463 e. The lowest BCUT2D eigenvalue weighted by Gasteiger charge is -2.39. The molecule has 0 aliphatic carbocycles. The average Bonchev–Trinajstić information content (AvgIpc) is 3.49. The average molecular weight is 644 g/mol. The lowest BCUT2D eigenvalue weighted by atomic mass is 9.91. The van der Waals surface area contributed by atoms with Crippen molar-refractivity contribution in [3.8, 4) is 5.69 Å². The van der Waals surface area contributed by atoms with Gasteiger partial charge in [0, 0.05) is 47.6 Å². The Bertz CT molecular complexity index is 1600. The fourth-order valence-corrected chi connectivity index (χ4v) is 5.64. The number of nitrogens with zero attached hydrogens (tertiary/aromatic N) is 3. The summed E-state index contributed by atoms with van der Waals surface area (Å²) in [6.45, 7) is 12.0. The van der Waals surface area contributed by atoms with E-state index in [2.05, 4.69) is 23.6 Å². The van der Waals surface area contributed by atoms with E-state index in [-0.39, 0.29) is 36.7 Å². The zero-order valence-electron chi connectivity index (χ0n) is 27.7. The number of fused-ring (bicyclic) bond motifs is 1. The Labute approximate surface area is 276 Å². The summed E-state index contributed by atoms with van der Waals surface area (Å²) >= 11 is 0. The lowest BCUT2D eigenvalue weighted by molar-refractivity contribution is -0.145. The van der Waals surface area contributed by atoms with Crippen LogP contribution in [0, 0.1) is 0 Å². The smallest absolute Gasteiger partial charge is 0.335 e. The molecular weight excluding hydrogens is 598 g/mol. The zero-order valence-corrected chi connectivity index (χ0v) is 27.7. The Kier molecular flexibility index (Phi) is 12.8. The molecule has 0 radical (unpaired) electrons. The van der Waals surface area contributed by atoms with Crippen LogP contribution in [-0.2, 0) is 23.9 Å². The summed E-state index contributed by atoms with van der Waals surface area (Å²) in [6.07, 6.45) is 7.13. The summed E-state index contributed by atoms with van der Waals surface area (Å²) in [5.74, 6) is -1.46. The number of hydrogen-bond acceptors (Lipinski definition) is 9. The molecule has 1 fully saturated rings. The van der Waals surface area contributed by atoms with Crippen LogP contribution in [0.15, 0.2) is 72.5 Å². The van der Waals surface area contributed by atoms with E-state index in [1.807, 2.05) is 66.9 Å². The number of rotatable bonds is 17. The quantitative estimate of drug-likeness (QED) is 0.0312. The van der Waals surface area contributed by atoms with E-state index in [0.29, 0.717) is 43.9 Å². The van der Waals surface area contributed by atoms with Gasteiger partial charge in [-0.2, -0.15) is 0 Å². The highest BCUT2D eigenvalue weighted by atomic mass is 16.7. The molecule has 0 unspecified atom stereocenters. The van der Waals surface area contributed by atoms with Crippen molar-refractivity contribution in [3.63, 3.8) is 0 Å². The van der Waals surface area contributed by atoms with Gasteiger partial charge < -0.3 is 18.9 Å². The molecule has 1 aromatic heterocycles. The van der Waals surface area contributed by atoms with Crippen LogP contribution in [0.25, 0.3) is 16.6 Å². The van der Waals surface area contributed by atoms with Gasteiger partial charge in [0.2, 0.25) is 5.78 Å². The van der Waals surface area contributed by atoms with Gasteiger partial charge in [0.25, 0.3) is 0 Å². The van der Waals surface area contributed by atoms with Crippen molar-refractivity contribution in [3.05, 3.63) is 78.5 Å². The number of aromatic nitrogens is 1. The molecule has 250 valence electrons. The van der Waals surface area contributed by atoms with Gasteiger partial charge in [-0.25, -0.2) is 9.59 Å². The molecule has 0 spiro atoms. The molecule has 2 heterocycles. The van der Waals surface area contributed by atoms with Gasteiger partial charge in [0.15, 0.2) is 5.78 Å². The molecule has 0 N–H and O–H groups in total. The number of hydrogen-bond donors (Lipinski definition) is 0. The third-order valence-electron chi connectivity index (χ3n) is 8.44. The molecule has 1 aliphatic heterocycles. The third kappa shape index (κ3) is 9.11. The monoisotopic (exact) mass is 643 g/mol. The first-order chi connectivity index (χ1) is 22.7. The predicted molar refractivity (Wildman–Crippen MR) is 181 cm³/mol. The van der Waals surface area contributed by atoms with Crippen molar-refractivity contribution in [2.75, 3.05) is 32.9 Å². The van der Waals surface area contributed by atoms with E-state index in [4.69, 9.17) is 14.3 Å². The van der Waals surface area contributed by atoms with E-state index < -0.39 is 17.5 Å². The predicted octanol–water partition coefficient (Wildman–Crippen LogP) is 6.49. The van der Waals surface area contributed by atoms with E-state index in [1.165, 1.54) is 0 Å². The van der Waals surface area contributed by atoms with Crippen molar-refractivity contribution < 1.29 is 33.5 Å². The SMILES string of the molecule is C=CC(=O)OCCCC(=O)O/N=C(\CCCCCC)C(=O)c1cn(-c2ccc(C(=O)C(C)(C)N3CCOCC3)cc2)c2ccccc12. The Morgan fingerprint density at radius 1 is 0.957 bits per heavy atom. The molecule has 1 saturated heterocycles. The molecule has 4 rings (SSSR count). The first-order valence-electron chi connectivity index (χ1n) is 16.4. The number of oxime groups is 1. The number of para-hydroxylation sites is 1. The number of esters is 1. The summed E-state index contributed by atoms with van der Waals surface area (Å²) in [5, 5.41) is 4.78. The Balaban J connectivity index is 1.56. The molecule has 10 nitrogen and oxygen atoms in total. The normalized spacial score (nSPS) is 14.1. The number of Topliss-reactive ketones (excluding diaryl/α,β-unsaturated/α-hetero) is 2. The van der Waals surface area contributed by atoms with Crippen molar-refractivity contribution in [1.29, 1.82) is 0 Å². The first kappa shape index (κ1) is 35.4. The van der Waals surface area contributed by atoms with Crippen LogP contribution < -0.4 is 0 Å². The zero-order chi connectivity index (χ0) is 33.8. The van der Waals surface area contributed by atoms with Crippen molar-refractivity contribution in [2.45, 2.75) is 71.3 Å². The van der Waals surface area contributed by atoms with Crippen LogP contribution in [0.5, 0.6) is 0 Å². The molecule has 2 aromatic carbocycles. The number of unbranched alkanes of at least 4 members (excludes halogenated alkanes) is 3. The van der Waals surface area contributed by atoms with Gasteiger partial charge in [0.05, 0.1) is 37.3 Å². The third-order valence-corrected chi connectivity index (χ3v) is 8.44. The van der Waals surface area contributed by atoms with Crippen LogP contribution in [0.3, 0.4) is 0 Å². The lowest BCUT2D eigenvalue weighted by Crippen LogP contribution is -2.54. The van der Waals surface area contributed by atoms with Crippen molar-refractivity contribution >= 4 is 40.1 Å². The summed E-state index contributed by atoms with van der Waals surface area (Å²) in [6, 6.07) is 15.0. The van der Waals surface area contributed by atoms with Crippen molar-refractivity contribution in [2.24, 2.45) is 5.16 Å². The fourth-order valence-electron chi connectivity index (χ4n) is 5.64. The van der Waals surface area contributed by atoms with E-state index in [1.54, 1.807) is 6.20 Å². The largest absolute Gasteiger partial charge is 0.463 e. The molecule has 1 aliphatic rings. The highest BCUT2D eigenvalue weighted by Crippen LogP contribution is 2.28. The number of carbonyl (C=O) groups is 4. The van der Waals surface area contributed by atoms with Crippen LogP contribution in [0.4, 0.5) is 0 Å². The van der Waals surface area contributed by atoms with Crippen LogP contribution in [0.1, 0.15) is 86.4 Å². The molecule has 0 amide bonds. The number of morpholine rings is 1. The second-order valence-corrected chi connectivity index (χ2v) is 12.1. The van der Waals surface area contributed by atoms with Gasteiger partial charge in [-0.1, -0.05) is 56.1 Å². The number of benzene rings is 2. The molecule has 47 heavy (non-hydrogen) atoms. The van der Waals surface area contributed by atoms with Crippen LogP contribution in [-0.4, -0.2) is 77.1 Å². The molecule has 0 atom stereocenters. The Morgan fingerprint density at radius 3 is 2.38 bits per heavy atom. The van der Waals surface area contributed by atoms with E-state index in [0.717, 1.165) is 48.3 Å². The molecule has 3 aromatic rings. The maximum atomic E-state index is 14.0. The summed E-state index contributed by atoms with van der Waals surface area (Å²) < 4.78 is 12.3. The Hall–Kier alpha value is -4.41. The Morgan fingerprint density at radius 2 is 1.68 bits per heavy atom. The molecular formula is C37H45N3O7. The van der Waals surface area contributed by atoms with Gasteiger partial charge >= 0.3 is 11.9 Å². The van der Waals surface area contributed by atoms with E-state index in [9.17, 15) is 19.2 Å². The first-order valence-corrected chi connectivity index (χ1v) is 16.4. The molecule has 10 heteroatoms. The number of carbonyl (C=O) groups excluding carboxylic acids is 4. The van der Waals surface area contributed by atoms with E-state index >= 15 is 0 Å². The van der Waals surface area contributed by atoms with Gasteiger partial charge in [-0.3, -0.25) is 14.5 Å². The number of ether oxygens (including phenoxy) is 2. The second kappa shape index (κ2) is 16.9. The summed E-state index contributed by atoms with van der Waals surface area (Å²) in [7, 11) is 0. The second-order valence-electron chi connectivity index (χ2n) is 12.1. The highest BCUT2D eigenvalue weighted by Gasteiger charge is 2.36. The van der Waals surface area contributed by atoms with Crippen LogP contribution in [0.2, 0.25) is 0 Å². The summed E-state index contributed by atoms with van der Waals surface area (Å²) in [4.78, 5) is 58.5. The van der Waals surface area contributed by atoms with Gasteiger partial charge in [-0.05, 0) is 63.4 Å². The minimum atomic E-state index is -0.667. The van der Waals surface area contributed by atoms with Gasteiger partial charge in [0.1, 0.15) is 5.71 Å².